The average Bonchev–Trinajstić information content (AvgIpc) is 2.62. The summed E-state index contributed by atoms with van der Waals surface area (Å²) in [5, 5.41) is 11.4. The van der Waals surface area contributed by atoms with Crippen LogP contribution in [0.15, 0.2) is 12.1 Å². The monoisotopic (exact) mass is 353 g/mol. The van der Waals surface area contributed by atoms with E-state index in [0.29, 0.717) is 6.61 Å². The lowest BCUT2D eigenvalue weighted by Crippen LogP contribution is -2.21. The van der Waals surface area contributed by atoms with Crippen molar-refractivity contribution in [2.24, 2.45) is 0 Å². The Labute approximate surface area is 146 Å². The normalized spacial score (nSPS) is 14.8. The molecule has 0 unspecified atom stereocenters. The first-order valence-electron chi connectivity index (χ1n) is 8.26. The molecule has 0 aliphatic heterocycles. The average molecular weight is 353 g/mol. The molecule has 25 heavy (non-hydrogen) atoms. The van der Waals surface area contributed by atoms with Crippen LogP contribution in [0.5, 0.6) is 11.5 Å². The van der Waals surface area contributed by atoms with Gasteiger partial charge in [-0.15, -0.1) is 0 Å². The maximum Gasteiger partial charge on any atom is 0.345 e. The molecule has 0 heterocycles. The van der Waals surface area contributed by atoms with Gasteiger partial charge in [-0.2, -0.15) is 0 Å². The van der Waals surface area contributed by atoms with Crippen molar-refractivity contribution in [1.82, 2.24) is 0 Å². The first-order valence-corrected chi connectivity index (χ1v) is 8.26. The van der Waals surface area contributed by atoms with E-state index < -0.39 is 10.9 Å². The number of nitro groups is 1. The van der Waals surface area contributed by atoms with Crippen LogP contribution >= 0.6 is 0 Å². The zero-order valence-corrected chi connectivity index (χ0v) is 14.5. The maximum absolute atomic E-state index is 12.4. The number of carbonyl (C=O) groups excluding carboxylic acids is 1. The lowest BCUT2D eigenvalue weighted by Gasteiger charge is -2.22. The van der Waals surface area contributed by atoms with Gasteiger partial charge in [0.2, 0.25) is 0 Å². The van der Waals surface area contributed by atoms with Crippen LogP contribution in [-0.4, -0.2) is 44.4 Å². The molecule has 0 aromatic heterocycles. The number of methoxy groups -OCH3 is 2. The van der Waals surface area contributed by atoms with Gasteiger partial charge < -0.3 is 18.9 Å². The number of hydrogen-bond acceptors (Lipinski definition) is 7. The van der Waals surface area contributed by atoms with Gasteiger partial charge in [-0.25, -0.2) is 4.79 Å². The second-order valence-electron chi connectivity index (χ2n) is 5.78. The molecule has 0 atom stereocenters. The van der Waals surface area contributed by atoms with E-state index in [1.54, 1.807) is 0 Å². The van der Waals surface area contributed by atoms with Crippen molar-refractivity contribution < 1.29 is 28.7 Å². The topological polar surface area (TPSA) is 97.1 Å². The molecule has 8 nitrogen and oxygen atoms in total. The van der Waals surface area contributed by atoms with Gasteiger partial charge in [0.1, 0.15) is 18.3 Å². The molecular formula is C17H23NO7. The quantitative estimate of drug-likeness (QED) is 0.306. The van der Waals surface area contributed by atoms with Crippen LogP contribution in [0.4, 0.5) is 5.69 Å². The minimum Gasteiger partial charge on any atom is -0.493 e. The molecule has 138 valence electrons. The summed E-state index contributed by atoms with van der Waals surface area (Å²) in [6.07, 6.45) is 4.49. The molecule has 0 spiro atoms. The number of esters is 1. The van der Waals surface area contributed by atoms with E-state index in [-0.39, 0.29) is 35.5 Å². The second-order valence-corrected chi connectivity index (χ2v) is 5.78. The highest BCUT2D eigenvalue weighted by Gasteiger charge is 2.28. The standard InChI is InChI=1S/C17H23NO7/c1-22-8-9-24-16-11-14(18(20)21)13(10-15(16)23-2)17(19)25-12-6-4-3-5-7-12/h10-12H,3-9H2,1-2H3. The van der Waals surface area contributed by atoms with Crippen LogP contribution in [0.3, 0.4) is 0 Å². The molecule has 8 heteroatoms. The molecule has 1 aliphatic carbocycles. The van der Waals surface area contributed by atoms with E-state index in [1.807, 2.05) is 0 Å². The maximum atomic E-state index is 12.4. The summed E-state index contributed by atoms with van der Waals surface area (Å²) >= 11 is 0. The van der Waals surface area contributed by atoms with Crippen LogP contribution < -0.4 is 9.47 Å². The van der Waals surface area contributed by atoms with Gasteiger partial charge in [0.05, 0.1) is 24.7 Å². The van der Waals surface area contributed by atoms with Gasteiger partial charge >= 0.3 is 5.97 Å². The Kier molecular flexibility index (Phi) is 7.00. The third kappa shape index (κ3) is 5.06. The van der Waals surface area contributed by atoms with Gasteiger partial charge in [0.15, 0.2) is 11.5 Å². The molecule has 0 radical (unpaired) electrons. The fourth-order valence-corrected chi connectivity index (χ4v) is 2.77. The molecule has 1 aromatic carbocycles. The first kappa shape index (κ1) is 19.0. The highest BCUT2D eigenvalue weighted by atomic mass is 16.6. The summed E-state index contributed by atoms with van der Waals surface area (Å²) < 4.78 is 21.0. The molecule has 0 amide bonds. The van der Waals surface area contributed by atoms with Gasteiger partial charge in [-0.1, -0.05) is 6.42 Å². The molecule has 0 N–H and O–H groups in total. The predicted octanol–water partition coefficient (Wildman–Crippen LogP) is 3.12. The molecule has 1 saturated carbocycles. The van der Waals surface area contributed by atoms with Gasteiger partial charge in [0, 0.05) is 13.2 Å². The largest absolute Gasteiger partial charge is 0.493 e. The Morgan fingerprint density at radius 1 is 1.16 bits per heavy atom. The number of ether oxygens (including phenoxy) is 4. The number of nitrogens with zero attached hydrogens (tertiary/aromatic N) is 1. The Balaban J connectivity index is 2.25. The number of carbonyl (C=O) groups is 1. The number of hydrogen-bond donors (Lipinski definition) is 0. The number of rotatable bonds is 8. The first-order chi connectivity index (χ1) is 12.1. The van der Waals surface area contributed by atoms with Crippen LogP contribution in [0.25, 0.3) is 0 Å². The summed E-state index contributed by atoms with van der Waals surface area (Å²) in [5.74, 6) is -0.293. The van der Waals surface area contributed by atoms with Crippen molar-refractivity contribution in [2.75, 3.05) is 27.4 Å². The lowest BCUT2D eigenvalue weighted by atomic mass is 9.98. The summed E-state index contributed by atoms with van der Waals surface area (Å²) in [6.45, 7) is 0.526. The highest BCUT2D eigenvalue weighted by Crippen LogP contribution is 2.35. The fourth-order valence-electron chi connectivity index (χ4n) is 2.77. The SMILES string of the molecule is COCCOc1cc([N+](=O)[O-])c(C(=O)OC2CCCCC2)cc1OC. The van der Waals surface area contributed by atoms with Gasteiger partial charge in [-0.3, -0.25) is 10.1 Å². The Morgan fingerprint density at radius 2 is 1.88 bits per heavy atom. The van der Waals surface area contributed by atoms with Crippen molar-refractivity contribution >= 4 is 11.7 Å². The van der Waals surface area contributed by atoms with Crippen molar-refractivity contribution in [2.45, 2.75) is 38.2 Å². The van der Waals surface area contributed by atoms with Crippen molar-refractivity contribution in [3.63, 3.8) is 0 Å². The summed E-state index contributed by atoms with van der Waals surface area (Å²) in [6, 6.07) is 2.48. The highest BCUT2D eigenvalue weighted by molar-refractivity contribution is 5.95. The van der Waals surface area contributed by atoms with Crippen molar-refractivity contribution in [3.8, 4) is 11.5 Å². The summed E-state index contributed by atoms with van der Waals surface area (Å²) in [4.78, 5) is 23.2. The van der Waals surface area contributed by atoms with E-state index in [1.165, 1.54) is 26.4 Å². The van der Waals surface area contributed by atoms with E-state index in [2.05, 4.69) is 0 Å². The van der Waals surface area contributed by atoms with Crippen molar-refractivity contribution in [3.05, 3.63) is 27.8 Å². The third-order valence-corrected chi connectivity index (χ3v) is 4.07. The van der Waals surface area contributed by atoms with Crippen LogP contribution in [0.1, 0.15) is 42.5 Å². The molecule has 1 aromatic rings. The minimum atomic E-state index is -0.708. The van der Waals surface area contributed by atoms with Gasteiger partial charge in [0.25, 0.3) is 5.69 Å². The lowest BCUT2D eigenvalue weighted by molar-refractivity contribution is -0.385. The predicted molar refractivity (Wildman–Crippen MR) is 89.3 cm³/mol. The molecule has 1 aliphatic rings. The van der Waals surface area contributed by atoms with Crippen LogP contribution in [-0.2, 0) is 9.47 Å². The van der Waals surface area contributed by atoms with E-state index in [4.69, 9.17) is 18.9 Å². The second kappa shape index (κ2) is 9.22. The van der Waals surface area contributed by atoms with Crippen LogP contribution in [0.2, 0.25) is 0 Å². The molecule has 1 fully saturated rings. The Hall–Kier alpha value is -2.35. The minimum absolute atomic E-state index is 0.133. The Bertz CT molecular complexity index is 611. The van der Waals surface area contributed by atoms with Crippen LogP contribution in [0, 0.1) is 10.1 Å². The smallest absolute Gasteiger partial charge is 0.345 e. The number of nitro benzene ring substituents is 1. The van der Waals surface area contributed by atoms with E-state index >= 15 is 0 Å². The van der Waals surface area contributed by atoms with E-state index in [9.17, 15) is 14.9 Å². The Morgan fingerprint density at radius 3 is 2.48 bits per heavy atom. The van der Waals surface area contributed by atoms with Gasteiger partial charge in [-0.05, 0) is 25.7 Å². The zero-order chi connectivity index (χ0) is 18.2. The number of benzene rings is 1. The summed E-state index contributed by atoms with van der Waals surface area (Å²) in [5.41, 5.74) is -0.499. The molecule has 2 rings (SSSR count). The van der Waals surface area contributed by atoms with E-state index in [0.717, 1.165) is 32.1 Å². The molecular weight excluding hydrogens is 330 g/mol. The molecule has 0 bridgehead atoms. The zero-order valence-electron chi connectivity index (χ0n) is 14.5. The van der Waals surface area contributed by atoms with Crippen molar-refractivity contribution in [1.29, 1.82) is 0 Å². The molecule has 0 saturated heterocycles. The fraction of sp³-hybridized carbons (Fsp3) is 0.588. The third-order valence-electron chi connectivity index (χ3n) is 4.07. The summed E-state index contributed by atoms with van der Waals surface area (Å²) in [7, 11) is 2.92.